The molecule has 0 amide bonds. The smallest absolute Gasteiger partial charge is 0.0511 e. The lowest BCUT2D eigenvalue weighted by Crippen LogP contribution is -2.35. The first-order chi connectivity index (χ1) is 9.65. The lowest BCUT2D eigenvalue weighted by atomic mass is 10.1. The normalized spacial score (nSPS) is 25.4. The van der Waals surface area contributed by atoms with Crippen LogP contribution in [0.2, 0.25) is 0 Å². The first-order valence-electron chi connectivity index (χ1n) is 7.69. The minimum Gasteiger partial charge on any atom is -0.369 e. The van der Waals surface area contributed by atoms with Crippen LogP contribution in [-0.4, -0.2) is 37.1 Å². The summed E-state index contributed by atoms with van der Waals surface area (Å²) in [7, 11) is 0. The molecule has 2 fully saturated rings. The van der Waals surface area contributed by atoms with Gasteiger partial charge in [0.25, 0.3) is 0 Å². The number of anilines is 1. The molecule has 2 heterocycles. The van der Waals surface area contributed by atoms with Crippen molar-refractivity contribution in [1.29, 1.82) is 0 Å². The SMILES string of the molecule is CC(N)c1ccc(N2CCC(N3CCCC3)C2)c(Br)c1. The van der Waals surface area contributed by atoms with E-state index in [1.807, 2.05) is 6.92 Å². The van der Waals surface area contributed by atoms with E-state index in [0.29, 0.717) is 0 Å². The molecule has 3 rings (SSSR count). The summed E-state index contributed by atoms with van der Waals surface area (Å²) >= 11 is 3.72. The molecule has 2 atom stereocenters. The van der Waals surface area contributed by atoms with Gasteiger partial charge in [0.1, 0.15) is 0 Å². The van der Waals surface area contributed by atoms with Gasteiger partial charge in [0.15, 0.2) is 0 Å². The van der Waals surface area contributed by atoms with E-state index in [9.17, 15) is 0 Å². The summed E-state index contributed by atoms with van der Waals surface area (Å²) < 4.78 is 1.18. The van der Waals surface area contributed by atoms with Crippen LogP contribution in [0.3, 0.4) is 0 Å². The first-order valence-corrected chi connectivity index (χ1v) is 8.48. The fourth-order valence-electron chi connectivity index (χ4n) is 3.43. The van der Waals surface area contributed by atoms with Gasteiger partial charge in [0.2, 0.25) is 0 Å². The van der Waals surface area contributed by atoms with Crippen molar-refractivity contribution in [2.45, 2.75) is 38.3 Å². The molecular formula is C16H24BrN3. The molecule has 2 unspecified atom stereocenters. The Labute approximate surface area is 130 Å². The second kappa shape index (κ2) is 6.04. The number of hydrogen-bond donors (Lipinski definition) is 1. The summed E-state index contributed by atoms with van der Waals surface area (Å²) in [5.74, 6) is 0. The highest BCUT2D eigenvalue weighted by molar-refractivity contribution is 9.10. The molecule has 3 nitrogen and oxygen atoms in total. The van der Waals surface area contributed by atoms with Crippen LogP contribution in [0.1, 0.15) is 37.8 Å². The van der Waals surface area contributed by atoms with Gasteiger partial charge in [-0.25, -0.2) is 0 Å². The first kappa shape index (κ1) is 14.4. The van der Waals surface area contributed by atoms with Gasteiger partial charge in [-0.1, -0.05) is 6.07 Å². The largest absolute Gasteiger partial charge is 0.369 e. The number of hydrogen-bond acceptors (Lipinski definition) is 3. The van der Waals surface area contributed by atoms with Gasteiger partial charge in [-0.15, -0.1) is 0 Å². The number of nitrogens with two attached hydrogens (primary N) is 1. The topological polar surface area (TPSA) is 32.5 Å². The Kier molecular flexibility index (Phi) is 4.34. The average molecular weight is 338 g/mol. The Morgan fingerprint density at radius 2 is 2.00 bits per heavy atom. The molecule has 0 aliphatic carbocycles. The minimum atomic E-state index is 0.0938. The molecule has 110 valence electrons. The van der Waals surface area contributed by atoms with Crippen molar-refractivity contribution < 1.29 is 0 Å². The Morgan fingerprint density at radius 3 is 2.65 bits per heavy atom. The quantitative estimate of drug-likeness (QED) is 0.919. The summed E-state index contributed by atoms with van der Waals surface area (Å²) in [6, 6.07) is 7.39. The van der Waals surface area contributed by atoms with Crippen LogP contribution in [0.5, 0.6) is 0 Å². The molecule has 2 aliphatic rings. The highest BCUT2D eigenvalue weighted by atomic mass is 79.9. The number of benzene rings is 1. The molecular weight excluding hydrogens is 314 g/mol. The lowest BCUT2D eigenvalue weighted by Gasteiger charge is -2.25. The minimum absolute atomic E-state index is 0.0938. The highest BCUT2D eigenvalue weighted by Crippen LogP contribution is 2.32. The number of halogens is 1. The third kappa shape index (κ3) is 2.87. The second-order valence-electron chi connectivity index (χ2n) is 6.13. The maximum atomic E-state index is 5.95. The molecule has 4 heteroatoms. The van der Waals surface area contributed by atoms with Crippen LogP contribution in [0.15, 0.2) is 22.7 Å². The molecule has 0 aromatic heterocycles. The average Bonchev–Trinajstić information content (AvgIpc) is 3.09. The Hall–Kier alpha value is -0.580. The summed E-state index contributed by atoms with van der Waals surface area (Å²) in [5.41, 5.74) is 8.46. The zero-order valence-corrected chi connectivity index (χ0v) is 13.8. The number of rotatable bonds is 3. The molecule has 1 aromatic rings. The summed E-state index contributed by atoms with van der Waals surface area (Å²) in [5, 5.41) is 0. The van der Waals surface area contributed by atoms with E-state index in [1.54, 1.807) is 0 Å². The molecule has 1 aromatic carbocycles. The molecule has 0 saturated carbocycles. The van der Waals surface area contributed by atoms with Gasteiger partial charge < -0.3 is 10.6 Å². The summed E-state index contributed by atoms with van der Waals surface area (Å²) in [6.07, 6.45) is 4.05. The zero-order valence-electron chi connectivity index (χ0n) is 12.2. The van der Waals surface area contributed by atoms with E-state index in [1.165, 1.54) is 48.1 Å². The van der Waals surface area contributed by atoms with Gasteiger partial charge in [-0.2, -0.15) is 0 Å². The van der Waals surface area contributed by atoms with Crippen molar-refractivity contribution in [2.24, 2.45) is 5.73 Å². The summed E-state index contributed by atoms with van der Waals surface area (Å²) in [6.45, 7) is 6.95. The van der Waals surface area contributed by atoms with Crippen LogP contribution in [0, 0.1) is 0 Å². The number of likely N-dealkylation sites (tertiary alicyclic amines) is 1. The van der Waals surface area contributed by atoms with Crippen molar-refractivity contribution in [3.8, 4) is 0 Å². The molecule has 2 saturated heterocycles. The fraction of sp³-hybridized carbons (Fsp3) is 0.625. The Balaban J connectivity index is 1.71. The van der Waals surface area contributed by atoms with Crippen molar-refractivity contribution in [2.75, 3.05) is 31.1 Å². The van der Waals surface area contributed by atoms with Gasteiger partial charge >= 0.3 is 0 Å². The van der Waals surface area contributed by atoms with Crippen molar-refractivity contribution in [1.82, 2.24) is 4.90 Å². The standard InChI is InChI=1S/C16H24BrN3/c1-12(18)13-4-5-16(15(17)10-13)20-9-6-14(11-20)19-7-2-3-8-19/h4-5,10,12,14H,2-3,6-9,11,18H2,1H3. The van der Waals surface area contributed by atoms with Crippen molar-refractivity contribution >= 4 is 21.6 Å². The van der Waals surface area contributed by atoms with E-state index in [2.05, 4.69) is 43.9 Å². The van der Waals surface area contributed by atoms with Gasteiger partial charge in [-0.3, -0.25) is 4.90 Å². The fourth-order valence-corrected chi connectivity index (χ4v) is 4.08. The summed E-state index contributed by atoms with van der Waals surface area (Å²) in [4.78, 5) is 5.18. The van der Waals surface area contributed by atoms with Crippen LogP contribution < -0.4 is 10.6 Å². The van der Waals surface area contributed by atoms with Crippen LogP contribution in [-0.2, 0) is 0 Å². The predicted octanol–water partition coefficient (Wildman–Crippen LogP) is 3.14. The Morgan fingerprint density at radius 1 is 1.25 bits per heavy atom. The van der Waals surface area contributed by atoms with E-state index in [0.717, 1.165) is 19.1 Å². The molecule has 20 heavy (non-hydrogen) atoms. The maximum Gasteiger partial charge on any atom is 0.0511 e. The van der Waals surface area contributed by atoms with E-state index in [-0.39, 0.29) is 6.04 Å². The molecule has 0 radical (unpaired) electrons. The maximum absolute atomic E-state index is 5.95. The molecule has 2 aliphatic heterocycles. The van der Waals surface area contributed by atoms with Crippen LogP contribution >= 0.6 is 15.9 Å². The Bertz CT molecular complexity index is 469. The van der Waals surface area contributed by atoms with Crippen LogP contribution in [0.25, 0.3) is 0 Å². The predicted molar refractivity (Wildman–Crippen MR) is 88.2 cm³/mol. The number of nitrogens with zero attached hydrogens (tertiary/aromatic N) is 2. The van der Waals surface area contributed by atoms with E-state index < -0.39 is 0 Å². The monoisotopic (exact) mass is 337 g/mol. The lowest BCUT2D eigenvalue weighted by molar-refractivity contribution is 0.260. The zero-order chi connectivity index (χ0) is 14.1. The third-order valence-corrected chi connectivity index (χ3v) is 5.29. The third-order valence-electron chi connectivity index (χ3n) is 4.66. The van der Waals surface area contributed by atoms with E-state index >= 15 is 0 Å². The highest BCUT2D eigenvalue weighted by Gasteiger charge is 2.29. The van der Waals surface area contributed by atoms with Gasteiger partial charge in [-0.05, 0) is 72.9 Å². The van der Waals surface area contributed by atoms with Gasteiger partial charge in [0, 0.05) is 29.6 Å². The van der Waals surface area contributed by atoms with Crippen molar-refractivity contribution in [3.63, 3.8) is 0 Å². The van der Waals surface area contributed by atoms with Gasteiger partial charge in [0.05, 0.1) is 5.69 Å². The van der Waals surface area contributed by atoms with Crippen LogP contribution in [0.4, 0.5) is 5.69 Å². The molecule has 0 bridgehead atoms. The van der Waals surface area contributed by atoms with E-state index in [4.69, 9.17) is 5.73 Å². The second-order valence-corrected chi connectivity index (χ2v) is 6.99. The molecule has 2 N–H and O–H groups in total. The van der Waals surface area contributed by atoms with Crippen molar-refractivity contribution in [3.05, 3.63) is 28.2 Å². The molecule has 0 spiro atoms.